The lowest BCUT2D eigenvalue weighted by Gasteiger charge is -2.21. The fourth-order valence-electron chi connectivity index (χ4n) is 1.44. The lowest BCUT2D eigenvalue weighted by Crippen LogP contribution is -2.34. The van der Waals surface area contributed by atoms with E-state index in [0.717, 1.165) is 12.8 Å². The van der Waals surface area contributed by atoms with E-state index >= 15 is 0 Å². The lowest BCUT2D eigenvalue weighted by atomic mass is 10.0. The summed E-state index contributed by atoms with van der Waals surface area (Å²) in [7, 11) is 0. The number of hydrogen-bond donors (Lipinski definition) is 2. The maximum Gasteiger partial charge on any atom is 0.0923 e. The molecule has 0 spiro atoms. The predicted octanol–water partition coefficient (Wildman–Crippen LogP) is 0.264. The maximum absolute atomic E-state index is 9.34. The summed E-state index contributed by atoms with van der Waals surface area (Å²) in [6, 6.07) is 0. The van der Waals surface area contributed by atoms with Crippen molar-refractivity contribution < 1.29 is 9.84 Å². The van der Waals surface area contributed by atoms with Gasteiger partial charge < -0.3 is 15.6 Å². The number of rotatable bonds is 2. The molecule has 11 heavy (non-hydrogen) atoms. The summed E-state index contributed by atoms with van der Waals surface area (Å²) < 4.78 is 5.57. The Bertz CT molecular complexity index is 136. The van der Waals surface area contributed by atoms with E-state index in [4.69, 9.17) is 10.5 Å². The Morgan fingerprint density at radius 2 is 2.36 bits per heavy atom. The van der Waals surface area contributed by atoms with Crippen LogP contribution in [-0.4, -0.2) is 29.5 Å². The molecule has 0 aromatic rings. The number of ether oxygens (including phenoxy) is 1. The first-order chi connectivity index (χ1) is 5.05. The van der Waals surface area contributed by atoms with Gasteiger partial charge in [0.15, 0.2) is 0 Å². The Morgan fingerprint density at radius 3 is 2.73 bits per heavy atom. The molecule has 3 N–H and O–H groups in total. The largest absolute Gasteiger partial charge is 0.389 e. The van der Waals surface area contributed by atoms with Gasteiger partial charge in [-0.25, -0.2) is 0 Å². The van der Waals surface area contributed by atoms with Crippen LogP contribution in [0.2, 0.25) is 0 Å². The van der Waals surface area contributed by atoms with Crippen LogP contribution in [0, 0.1) is 0 Å². The molecule has 1 heterocycles. The summed E-state index contributed by atoms with van der Waals surface area (Å²) in [6.07, 6.45) is 1.40. The molecular formula is C8H17NO2. The van der Waals surface area contributed by atoms with E-state index < -0.39 is 6.10 Å². The molecular weight excluding hydrogens is 142 g/mol. The molecule has 1 rings (SSSR count). The van der Waals surface area contributed by atoms with Crippen molar-refractivity contribution in [3.05, 3.63) is 0 Å². The number of aliphatic hydroxyl groups excluding tert-OH is 1. The van der Waals surface area contributed by atoms with Crippen molar-refractivity contribution >= 4 is 0 Å². The van der Waals surface area contributed by atoms with Crippen molar-refractivity contribution in [3.8, 4) is 0 Å². The molecule has 0 aliphatic carbocycles. The summed E-state index contributed by atoms with van der Waals surface area (Å²) in [5, 5.41) is 9.34. The van der Waals surface area contributed by atoms with E-state index in [1.54, 1.807) is 0 Å². The average molecular weight is 159 g/mol. The van der Waals surface area contributed by atoms with Crippen LogP contribution in [0.15, 0.2) is 0 Å². The minimum Gasteiger partial charge on any atom is -0.389 e. The summed E-state index contributed by atoms with van der Waals surface area (Å²) in [5.41, 5.74) is 5.24. The second kappa shape index (κ2) is 3.09. The molecule has 1 aliphatic rings. The zero-order valence-electron chi connectivity index (χ0n) is 7.21. The molecule has 0 saturated carbocycles. The highest BCUT2D eigenvalue weighted by Crippen LogP contribution is 2.30. The Kier molecular flexibility index (Phi) is 2.52. The van der Waals surface area contributed by atoms with Crippen molar-refractivity contribution in [2.45, 2.75) is 44.5 Å². The Morgan fingerprint density at radius 1 is 1.73 bits per heavy atom. The van der Waals surface area contributed by atoms with Gasteiger partial charge in [-0.2, -0.15) is 0 Å². The first kappa shape index (κ1) is 8.97. The zero-order chi connectivity index (χ0) is 8.48. The summed E-state index contributed by atoms with van der Waals surface area (Å²) in [5.74, 6) is 0. The van der Waals surface area contributed by atoms with E-state index in [2.05, 4.69) is 0 Å². The van der Waals surface area contributed by atoms with Gasteiger partial charge >= 0.3 is 0 Å². The van der Waals surface area contributed by atoms with Crippen molar-refractivity contribution in [3.63, 3.8) is 0 Å². The van der Waals surface area contributed by atoms with Gasteiger partial charge in [-0.3, -0.25) is 0 Å². The van der Waals surface area contributed by atoms with Crippen molar-refractivity contribution in [2.24, 2.45) is 5.73 Å². The first-order valence-electron chi connectivity index (χ1n) is 4.11. The zero-order valence-corrected chi connectivity index (χ0v) is 7.21. The monoisotopic (exact) mass is 159 g/mol. The average Bonchev–Trinajstić information content (AvgIpc) is 2.29. The number of nitrogens with two attached hydrogens (primary N) is 1. The van der Waals surface area contributed by atoms with Crippen LogP contribution in [0.25, 0.3) is 0 Å². The van der Waals surface area contributed by atoms with E-state index in [9.17, 15) is 5.11 Å². The molecule has 0 amide bonds. The molecule has 1 fully saturated rings. The van der Waals surface area contributed by atoms with Gasteiger partial charge in [0.1, 0.15) is 0 Å². The Hall–Kier alpha value is -0.120. The van der Waals surface area contributed by atoms with Gasteiger partial charge in [-0.15, -0.1) is 0 Å². The maximum atomic E-state index is 9.34. The van der Waals surface area contributed by atoms with Gasteiger partial charge in [0, 0.05) is 6.54 Å². The summed E-state index contributed by atoms with van der Waals surface area (Å²) in [4.78, 5) is 0. The van der Waals surface area contributed by atoms with E-state index in [1.807, 2.05) is 13.8 Å². The Labute approximate surface area is 67.5 Å². The van der Waals surface area contributed by atoms with Gasteiger partial charge in [-0.1, -0.05) is 0 Å². The van der Waals surface area contributed by atoms with Gasteiger partial charge in [0.05, 0.1) is 17.8 Å². The Balaban J connectivity index is 2.41. The van der Waals surface area contributed by atoms with Crippen LogP contribution in [0.4, 0.5) is 0 Å². The standard InChI is InChI=1S/C8H17NO2/c1-8(2)4-3-7(11-8)6(10)5-9/h6-7,10H,3-5,9H2,1-2H3/t6-,7-/m1/s1. The second-order valence-electron chi connectivity index (χ2n) is 3.76. The lowest BCUT2D eigenvalue weighted by molar-refractivity contribution is -0.0675. The normalized spacial score (nSPS) is 32.2. The predicted molar refractivity (Wildman–Crippen MR) is 43.2 cm³/mol. The van der Waals surface area contributed by atoms with Crippen molar-refractivity contribution in [1.29, 1.82) is 0 Å². The van der Waals surface area contributed by atoms with E-state index in [-0.39, 0.29) is 11.7 Å². The van der Waals surface area contributed by atoms with Crippen LogP contribution in [-0.2, 0) is 4.74 Å². The second-order valence-corrected chi connectivity index (χ2v) is 3.76. The molecule has 0 radical (unpaired) electrons. The fraction of sp³-hybridized carbons (Fsp3) is 1.00. The molecule has 0 bridgehead atoms. The highest BCUT2D eigenvalue weighted by Gasteiger charge is 2.34. The summed E-state index contributed by atoms with van der Waals surface area (Å²) >= 11 is 0. The third kappa shape index (κ3) is 2.15. The smallest absolute Gasteiger partial charge is 0.0923 e. The van der Waals surface area contributed by atoms with Crippen LogP contribution < -0.4 is 5.73 Å². The van der Waals surface area contributed by atoms with Crippen LogP contribution >= 0.6 is 0 Å². The van der Waals surface area contributed by atoms with Crippen LogP contribution in [0.3, 0.4) is 0 Å². The fourth-order valence-corrected chi connectivity index (χ4v) is 1.44. The molecule has 0 aromatic carbocycles. The molecule has 66 valence electrons. The van der Waals surface area contributed by atoms with Gasteiger partial charge in [-0.05, 0) is 26.7 Å². The third-order valence-corrected chi connectivity index (χ3v) is 2.17. The molecule has 3 heteroatoms. The number of hydrogen-bond acceptors (Lipinski definition) is 3. The SMILES string of the molecule is CC1(C)CC[C@H]([C@H](O)CN)O1. The molecule has 1 saturated heterocycles. The quantitative estimate of drug-likeness (QED) is 0.608. The first-order valence-corrected chi connectivity index (χ1v) is 4.11. The molecule has 0 aromatic heterocycles. The van der Waals surface area contributed by atoms with E-state index in [1.165, 1.54) is 0 Å². The minimum atomic E-state index is -0.489. The third-order valence-electron chi connectivity index (χ3n) is 2.17. The van der Waals surface area contributed by atoms with Gasteiger partial charge in [0.25, 0.3) is 0 Å². The highest BCUT2D eigenvalue weighted by atomic mass is 16.5. The molecule has 2 atom stereocenters. The van der Waals surface area contributed by atoms with Crippen molar-refractivity contribution in [2.75, 3.05) is 6.54 Å². The van der Waals surface area contributed by atoms with Crippen LogP contribution in [0.1, 0.15) is 26.7 Å². The van der Waals surface area contributed by atoms with Crippen LogP contribution in [0.5, 0.6) is 0 Å². The highest BCUT2D eigenvalue weighted by molar-refractivity contribution is 4.84. The van der Waals surface area contributed by atoms with Crippen molar-refractivity contribution in [1.82, 2.24) is 0 Å². The number of aliphatic hydroxyl groups is 1. The minimum absolute atomic E-state index is 0.0463. The summed E-state index contributed by atoms with van der Waals surface area (Å²) in [6.45, 7) is 4.37. The van der Waals surface area contributed by atoms with E-state index in [0.29, 0.717) is 6.54 Å². The van der Waals surface area contributed by atoms with Gasteiger partial charge in [0.2, 0.25) is 0 Å². The molecule has 0 unspecified atom stereocenters. The molecule has 1 aliphatic heterocycles. The topological polar surface area (TPSA) is 55.5 Å². The molecule has 3 nitrogen and oxygen atoms in total.